The van der Waals surface area contributed by atoms with Crippen LogP contribution in [-0.4, -0.2) is 0 Å². The lowest BCUT2D eigenvalue weighted by Crippen LogP contribution is -2.29. The lowest BCUT2D eigenvalue weighted by molar-refractivity contribution is 0.495. The van der Waals surface area contributed by atoms with Crippen molar-refractivity contribution in [1.29, 1.82) is 0 Å². The lowest BCUT2D eigenvalue weighted by atomic mass is 10.0. The largest absolute Gasteiger partial charge is 0.271 e. The van der Waals surface area contributed by atoms with Crippen LogP contribution in [0.4, 0.5) is 0 Å². The van der Waals surface area contributed by atoms with Crippen LogP contribution in [0.3, 0.4) is 0 Å². The topological polar surface area (TPSA) is 38.0 Å². The third kappa shape index (κ3) is 2.38. The fourth-order valence-corrected chi connectivity index (χ4v) is 4.44. The first kappa shape index (κ1) is 13.0. The number of hydrogen-bond donors (Lipinski definition) is 2. The smallest absolute Gasteiger partial charge is 0.0587 e. The number of nitrogens with two attached hydrogens (primary N) is 1. The molecule has 3 aromatic rings. The molecule has 0 radical (unpaired) electrons. The number of hydrogen-bond acceptors (Lipinski definition) is 3. The van der Waals surface area contributed by atoms with Crippen LogP contribution < -0.4 is 11.3 Å². The molecule has 1 aliphatic carbocycles. The van der Waals surface area contributed by atoms with Gasteiger partial charge in [0.25, 0.3) is 0 Å². The molecule has 3 heteroatoms. The van der Waals surface area contributed by atoms with Crippen LogP contribution in [0.2, 0.25) is 0 Å². The van der Waals surface area contributed by atoms with Gasteiger partial charge in [-0.2, -0.15) is 0 Å². The molecule has 0 spiro atoms. The molecule has 1 heterocycles. The summed E-state index contributed by atoms with van der Waals surface area (Å²) in [6.07, 6.45) is 1.22. The fraction of sp³-hybridized carbons (Fsp3) is 0.222. The Morgan fingerprint density at radius 2 is 1.81 bits per heavy atom. The maximum Gasteiger partial charge on any atom is 0.0587 e. The van der Waals surface area contributed by atoms with Gasteiger partial charge in [-0.15, -0.1) is 11.3 Å². The van der Waals surface area contributed by atoms with Gasteiger partial charge in [-0.1, -0.05) is 48.5 Å². The van der Waals surface area contributed by atoms with Gasteiger partial charge in [0, 0.05) is 9.58 Å². The molecular formula is C18H18N2S. The van der Waals surface area contributed by atoms with Crippen LogP contribution in [0.5, 0.6) is 0 Å². The molecule has 0 aliphatic heterocycles. The van der Waals surface area contributed by atoms with Crippen molar-refractivity contribution in [2.45, 2.75) is 18.4 Å². The van der Waals surface area contributed by atoms with Crippen molar-refractivity contribution in [1.82, 2.24) is 5.43 Å². The number of thiophene rings is 1. The maximum atomic E-state index is 5.86. The minimum Gasteiger partial charge on any atom is -0.271 e. The SMILES string of the molecule is NNC(c1cc2ccccc2s1)C1CC1c1ccccc1. The molecule has 3 N–H and O–H groups in total. The number of nitrogens with one attached hydrogen (secondary N) is 1. The Labute approximate surface area is 128 Å². The van der Waals surface area contributed by atoms with Crippen LogP contribution in [0, 0.1) is 5.92 Å². The van der Waals surface area contributed by atoms with Crippen molar-refractivity contribution in [3.8, 4) is 0 Å². The highest BCUT2D eigenvalue weighted by molar-refractivity contribution is 7.19. The van der Waals surface area contributed by atoms with Gasteiger partial charge in [-0.25, -0.2) is 0 Å². The summed E-state index contributed by atoms with van der Waals surface area (Å²) < 4.78 is 1.34. The molecule has 4 rings (SSSR count). The molecule has 1 saturated carbocycles. The van der Waals surface area contributed by atoms with Gasteiger partial charge in [-0.3, -0.25) is 11.3 Å². The number of benzene rings is 2. The van der Waals surface area contributed by atoms with E-state index in [1.54, 1.807) is 0 Å². The van der Waals surface area contributed by atoms with E-state index in [-0.39, 0.29) is 6.04 Å². The normalized spacial score (nSPS) is 22.3. The van der Waals surface area contributed by atoms with Crippen molar-refractivity contribution in [3.05, 3.63) is 71.1 Å². The summed E-state index contributed by atoms with van der Waals surface area (Å²) in [6.45, 7) is 0. The maximum absolute atomic E-state index is 5.86. The average Bonchev–Trinajstić information content (AvgIpc) is 3.20. The second kappa shape index (κ2) is 5.26. The molecule has 1 fully saturated rings. The first-order valence-electron chi connectivity index (χ1n) is 7.36. The zero-order chi connectivity index (χ0) is 14.2. The number of rotatable bonds is 4. The van der Waals surface area contributed by atoms with Gasteiger partial charge in [0.05, 0.1) is 6.04 Å². The predicted molar refractivity (Wildman–Crippen MR) is 89.2 cm³/mol. The van der Waals surface area contributed by atoms with E-state index < -0.39 is 0 Å². The average molecular weight is 294 g/mol. The molecule has 0 saturated heterocycles. The summed E-state index contributed by atoms with van der Waals surface area (Å²) in [4.78, 5) is 1.35. The van der Waals surface area contributed by atoms with Crippen LogP contribution in [-0.2, 0) is 0 Å². The summed E-state index contributed by atoms with van der Waals surface area (Å²) in [5.74, 6) is 7.10. The summed E-state index contributed by atoms with van der Waals surface area (Å²) in [7, 11) is 0. The van der Waals surface area contributed by atoms with Crippen molar-refractivity contribution in [2.75, 3.05) is 0 Å². The molecular weight excluding hydrogens is 276 g/mol. The second-order valence-electron chi connectivity index (χ2n) is 5.75. The Bertz CT molecular complexity index is 717. The molecule has 3 unspecified atom stereocenters. The van der Waals surface area contributed by atoms with Crippen molar-refractivity contribution in [2.24, 2.45) is 11.8 Å². The van der Waals surface area contributed by atoms with E-state index in [2.05, 4.69) is 66.1 Å². The Morgan fingerprint density at radius 3 is 2.57 bits per heavy atom. The Balaban J connectivity index is 1.61. The van der Waals surface area contributed by atoms with Crippen LogP contribution in [0.1, 0.15) is 28.8 Å². The second-order valence-corrected chi connectivity index (χ2v) is 6.86. The highest BCUT2D eigenvalue weighted by Gasteiger charge is 2.44. The van der Waals surface area contributed by atoms with Crippen LogP contribution >= 0.6 is 11.3 Å². The minimum atomic E-state index is 0.257. The van der Waals surface area contributed by atoms with Gasteiger partial charge in [-0.05, 0) is 41.3 Å². The van der Waals surface area contributed by atoms with Gasteiger partial charge < -0.3 is 0 Å². The molecule has 21 heavy (non-hydrogen) atoms. The summed E-state index contributed by atoms with van der Waals surface area (Å²) in [5, 5.41) is 1.31. The summed E-state index contributed by atoms with van der Waals surface area (Å²) >= 11 is 1.85. The molecule has 1 aliphatic rings. The molecule has 2 nitrogen and oxygen atoms in total. The number of hydrazine groups is 1. The van der Waals surface area contributed by atoms with Crippen LogP contribution in [0.25, 0.3) is 10.1 Å². The van der Waals surface area contributed by atoms with Crippen molar-refractivity contribution in [3.63, 3.8) is 0 Å². The Kier molecular flexibility index (Phi) is 3.26. The van der Waals surface area contributed by atoms with Crippen LogP contribution in [0.15, 0.2) is 60.7 Å². The number of fused-ring (bicyclic) bond motifs is 1. The first-order valence-corrected chi connectivity index (χ1v) is 8.18. The quantitative estimate of drug-likeness (QED) is 0.559. The van der Waals surface area contributed by atoms with Crippen molar-refractivity contribution >= 4 is 21.4 Å². The van der Waals surface area contributed by atoms with Gasteiger partial charge in [0.2, 0.25) is 0 Å². The first-order chi connectivity index (χ1) is 10.4. The molecule has 1 aromatic heterocycles. The molecule has 106 valence electrons. The molecule has 0 bridgehead atoms. The van der Waals surface area contributed by atoms with E-state index >= 15 is 0 Å². The standard InChI is InChI=1S/C18H18N2S/c19-20-18(15-11-14(15)12-6-2-1-3-7-12)17-10-13-8-4-5-9-16(13)21-17/h1-10,14-15,18,20H,11,19H2. The fourth-order valence-electron chi connectivity index (χ4n) is 3.24. The molecule has 2 aromatic carbocycles. The van der Waals surface area contributed by atoms with E-state index in [0.717, 1.165) is 0 Å². The van der Waals surface area contributed by atoms with Gasteiger partial charge in [0.1, 0.15) is 0 Å². The Hall–Kier alpha value is -1.68. The van der Waals surface area contributed by atoms with E-state index in [4.69, 9.17) is 5.84 Å². The summed E-state index contributed by atoms with van der Waals surface area (Å²) in [5.41, 5.74) is 4.49. The van der Waals surface area contributed by atoms with E-state index in [1.807, 2.05) is 11.3 Å². The molecule has 3 atom stereocenters. The van der Waals surface area contributed by atoms with Gasteiger partial charge >= 0.3 is 0 Å². The third-order valence-corrected chi connectivity index (χ3v) is 5.63. The third-order valence-electron chi connectivity index (χ3n) is 4.43. The lowest BCUT2D eigenvalue weighted by Gasteiger charge is -2.14. The highest BCUT2D eigenvalue weighted by Crippen LogP contribution is 2.54. The zero-order valence-corrected chi connectivity index (χ0v) is 12.5. The zero-order valence-electron chi connectivity index (χ0n) is 11.7. The Morgan fingerprint density at radius 1 is 1.05 bits per heavy atom. The summed E-state index contributed by atoms with van der Waals surface area (Å²) in [6, 6.07) is 21.8. The van der Waals surface area contributed by atoms with Gasteiger partial charge in [0.15, 0.2) is 0 Å². The van der Waals surface area contributed by atoms with E-state index in [0.29, 0.717) is 11.8 Å². The highest BCUT2D eigenvalue weighted by atomic mass is 32.1. The minimum absolute atomic E-state index is 0.257. The van der Waals surface area contributed by atoms with Crippen molar-refractivity contribution < 1.29 is 0 Å². The van der Waals surface area contributed by atoms with E-state index in [9.17, 15) is 0 Å². The molecule has 0 amide bonds. The van der Waals surface area contributed by atoms with E-state index in [1.165, 1.54) is 26.9 Å². The predicted octanol–water partition coefficient (Wildman–Crippen LogP) is 4.21. The monoisotopic (exact) mass is 294 g/mol.